The molecule has 0 saturated carbocycles. The van der Waals surface area contributed by atoms with Crippen LogP contribution in [0.1, 0.15) is 17.4 Å². The summed E-state index contributed by atoms with van der Waals surface area (Å²) >= 11 is 0. The van der Waals surface area contributed by atoms with Crippen LogP contribution in [0, 0.1) is 0 Å². The molecule has 1 fully saturated rings. The van der Waals surface area contributed by atoms with E-state index in [1.54, 1.807) is 24.5 Å². The minimum Gasteiger partial charge on any atom is -0.467 e. The number of halogens is 1. The van der Waals surface area contributed by atoms with Crippen molar-refractivity contribution in [2.45, 2.75) is 6.10 Å². The molecule has 2 aromatic rings. The van der Waals surface area contributed by atoms with Crippen molar-refractivity contribution in [2.75, 3.05) is 32.7 Å². The fraction of sp³-hybridized carbons (Fsp3) is 0.316. The molecule has 6 heteroatoms. The van der Waals surface area contributed by atoms with Crippen LogP contribution in [0.15, 0.2) is 59.2 Å². The van der Waals surface area contributed by atoms with Gasteiger partial charge in [0, 0.05) is 38.8 Å². The molecule has 1 saturated heterocycles. The average Bonchev–Trinajstić information content (AvgIpc) is 3.16. The summed E-state index contributed by atoms with van der Waals surface area (Å²) in [6, 6.07) is 13.3. The van der Waals surface area contributed by atoms with E-state index in [1.807, 2.05) is 41.3 Å². The van der Waals surface area contributed by atoms with E-state index in [9.17, 15) is 9.90 Å². The number of rotatable bonds is 5. The lowest BCUT2D eigenvalue weighted by Crippen LogP contribution is -2.49. The van der Waals surface area contributed by atoms with Gasteiger partial charge in [0.1, 0.15) is 11.9 Å². The Kier molecular flexibility index (Phi) is 7.25. The molecule has 3 rings (SSSR count). The van der Waals surface area contributed by atoms with Gasteiger partial charge in [-0.3, -0.25) is 9.69 Å². The van der Waals surface area contributed by atoms with Crippen LogP contribution in [0.3, 0.4) is 0 Å². The number of hydrogen-bond acceptors (Lipinski definition) is 4. The highest BCUT2D eigenvalue weighted by Crippen LogP contribution is 2.15. The van der Waals surface area contributed by atoms with Crippen LogP contribution in [0.5, 0.6) is 0 Å². The van der Waals surface area contributed by atoms with Crippen molar-refractivity contribution in [1.82, 2.24) is 9.80 Å². The highest BCUT2D eigenvalue weighted by atomic mass is 35.5. The van der Waals surface area contributed by atoms with Gasteiger partial charge in [0.25, 0.3) is 0 Å². The summed E-state index contributed by atoms with van der Waals surface area (Å²) in [4.78, 5) is 16.2. The monoisotopic (exact) mass is 362 g/mol. The van der Waals surface area contributed by atoms with Crippen LogP contribution in [0.2, 0.25) is 0 Å². The van der Waals surface area contributed by atoms with Crippen molar-refractivity contribution in [2.24, 2.45) is 0 Å². The van der Waals surface area contributed by atoms with E-state index in [4.69, 9.17) is 4.42 Å². The predicted octanol–water partition coefficient (Wildman–Crippen LogP) is 2.59. The molecule has 1 aromatic carbocycles. The third-order valence-electron chi connectivity index (χ3n) is 4.20. The zero-order valence-electron chi connectivity index (χ0n) is 14.0. The number of carbonyl (C=O) groups excluding carboxylic acids is 1. The zero-order valence-corrected chi connectivity index (χ0v) is 14.8. The first-order valence-corrected chi connectivity index (χ1v) is 8.18. The van der Waals surface area contributed by atoms with Gasteiger partial charge in [-0.25, -0.2) is 0 Å². The minimum atomic E-state index is -0.625. The van der Waals surface area contributed by atoms with Crippen LogP contribution in [-0.4, -0.2) is 53.5 Å². The van der Waals surface area contributed by atoms with Crippen molar-refractivity contribution in [3.05, 3.63) is 66.1 Å². The number of nitrogens with zero attached hydrogens (tertiary/aromatic N) is 2. The first-order chi connectivity index (χ1) is 11.7. The van der Waals surface area contributed by atoms with E-state index in [0.717, 1.165) is 18.7 Å². The summed E-state index contributed by atoms with van der Waals surface area (Å²) in [7, 11) is 0. The van der Waals surface area contributed by atoms with Gasteiger partial charge >= 0.3 is 0 Å². The summed E-state index contributed by atoms with van der Waals surface area (Å²) in [6.45, 7) is 3.37. The normalized spacial score (nSPS) is 16.6. The molecular formula is C19H23ClN2O3. The molecule has 25 heavy (non-hydrogen) atoms. The maximum atomic E-state index is 12.2. The number of aliphatic hydroxyl groups is 1. The van der Waals surface area contributed by atoms with E-state index in [1.165, 1.54) is 0 Å². The standard InChI is InChI=1S/C19H22N2O3.ClH/c22-17(18-7-4-14-24-18)15-20-10-12-21(13-11-20)19(23)9-8-16-5-2-1-3-6-16;/h1-9,14,17,22H,10-13,15H2;1H/b9-8+;. The highest BCUT2D eigenvalue weighted by molar-refractivity contribution is 5.91. The van der Waals surface area contributed by atoms with Crippen molar-refractivity contribution < 1.29 is 14.3 Å². The Labute approximate surface area is 154 Å². The van der Waals surface area contributed by atoms with Crippen LogP contribution in [-0.2, 0) is 4.79 Å². The fourth-order valence-electron chi connectivity index (χ4n) is 2.80. The maximum Gasteiger partial charge on any atom is 0.246 e. The van der Waals surface area contributed by atoms with Gasteiger partial charge in [0.2, 0.25) is 5.91 Å². The van der Waals surface area contributed by atoms with Crippen LogP contribution >= 0.6 is 12.4 Å². The summed E-state index contributed by atoms with van der Waals surface area (Å²) in [5.74, 6) is 0.615. The summed E-state index contributed by atoms with van der Waals surface area (Å²) in [6.07, 6.45) is 4.41. The number of benzene rings is 1. The molecule has 1 unspecified atom stereocenters. The second kappa shape index (κ2) is 9.42. The zero-order chi connectivity index (χ0) is 16.8. The lowest BCUT2D eigenvalue weighted by atomic mass is 10.2. The van der Waals surface area contributed by atoms with E-state index in [2.05, 4.69) is 4.90 Å². The van der Waals surface area contributed by atoms with E-state index < -0.39 is 6.10 Å². The lowest BCUT2D eigenvalue weighted by Gasteiger charge is -2.34. The van der Waals surface area contributed by atoms with E-state index in [0.29, 0.717) is 25.4 Å². The molecule has 0 spiro atoms. The number of aliphatic hydroxyl groups excluding tert-OH is 1. The molecular weight excluding hydrogens is 340 g/mol. The first kappa shape index (κ1) is 19.2. The molecule has 1 aliphatic rings. The Morgan fingerprint density at radius 2 is 1.84 bits per heavy atom. The van der Waals surface area contributed by atoms with Crippen molar-refractivity contribution in [3.63, 3.8) is 0 Å². The molecule has 1 aliphatic heterocycles. The Morgan fingerprint density at radius 1 is 1.12 bits per heavy atom. The summed E-state index contributed by atoms with van der Waals surface area (Å²) in [5.41, 5.74) is 1.02. The largest absolute Gasteiger partial charge is 0.467 e. The van der Waals surface area contributed by atoms with Crippen molar-refractivity contribution >= 4 is 24.4 Å². The van der Waals surface area contributed by atoms with Gasteiger partial charge in [-0.1, -0.05) is 30.3 Å². The van der Waals surface area contributed by atoms with Gasteiger partial charge < -0.3 is 14.4 Å². The van der Waals surface area contributed by atoms with Gasteiger partial charge in [0.05, 0.1) is 6.26 Å². The SMILES string of the molecule is Cl.O=C(/C=C/c1ccccc1)N1CCN(CC(O)c2ccco2)CC1. The molecule has 0 aliphatic carbocycles. The van der Waals surface area contributed by atoms with Crippen molar-refractivity contribution in [3.8, 4) is 0 Å². The van der Waals surface area contributed by atoms with Crippen LogP contribution in [0.4, 0.5) is 0 Å². The number of β-amino-alcohol motifs (C(OH)–C–C–N with tert-alkyl or cyclic N) is 1. The quantitative estimate of drug-likeness (QED) is 0.831. The molecule has 1 aromatic heterocycles. The molecule has 5 nitrogen and oxygen atoms in total. The average molecular weight is 363 g/mol. The second-order valence-electron chi connectivity index (χ2n) is 5.90. The number of hydrogen-bond donors (Lipinski definition) is 1. The molecule has 0 bridgehead atoms. The van der Waals surface area contributed by atoms with Crippen LogP contribution < -0.4 is 0 Å². The molecule has 1 atom stereocenters. The Balaban J connectivity index is 0.00000225. The summed E-state index contributed by atoms with van der Waals surface area (Å²) < 4.78 is 5.22. The molecule has 1 amide bonds. The highest BCUT2D eigenvalue weighted by Gasteiger charge is 2.22. The Morgan fingerprint density at radius 3 is 2.48 bits per heavy atom. The number of furan rings is 1. The minimum absolute atomic E-state index is 0. The molecule has 0 radical (unpaired) electrons. The number of amides is 1. The lowest BCUT2D eigenvalue weighted by molar-refractivity contribution is -0.127. The van der Waals surface area contributed by atoms with E-state index >= 15 is 0 Å². The first-order valence-electron chi connectivity index (χ1n) is 8.18. The smallest absolute Gasteiger partial charge is 0.246 e. The molecule has 1 N–H and O–H groups in total. The number of carbonyl (C=O) groups is 1. The van der Waals surface area contributed by atoms with Gasteiger partial charge in [-0.15, -0.1) is 12.4 Å². The molecule has 134 valence electrons. The van der Waals surface area contributed by atoms with Crippen LogP contribution in [0.25, 0.3) is 6.08 Å². The second-order valence-corrected chi connectivity index (χ2v) is 5.90. The Hall–Kier alpha value is -2.08. The third-order valence-corrected chi connectivity index (χ3v) is 4.20. The van der Waals surface area contributed by atoms with Crippen molar-refractivity contribution in [1.29, 1.82) is 0 Å². The molecule has 2 heterocycles. The number of piperazine rings is 1. The van der Waals surface area contributed by atoms with E-state index in [-0.39, 0.29) is 18.3 Å². The Bertz CT molecular complexity index is 665. The third kappa shape index (κ3) is 5.46. The summed E-state index contributed by atoms with van der Waals surface area (Å²) in [5, 5.41) is 10.1. The van der Waals surface area contributed by atoms with Gasteiger partial charge in [-0.2, -0.15) is 0 Å². The van der Waals surface area contributed by atoms with Gasteiger partial charge in [-0.05, 0) is 23.8 Å². The fourth-order valence-corrected chi connectivity index (χ4v) is 2.80. The predicted molar refractivity (Wildman–Crippen MR) is 99.4 cm³/mol. The topological polar surface area (TPSA) is 56.9 Å². The van der Waals surface area contributed by atoms with Gasteiger partial charge in [0.15, 0.2) is 0 Å². The maximum absolute atomic E-state index is 12.2.